The fourth-order valence-corrected chi connectivity index (χ4v) is 2.59. The third-order valence-corrected chi connectivity index (χ3v) is 3.92. The second-order valence-corrected chi connectivity index (χ2v) is 5.52. The van der Waals surface area contributed by atoms with Crippen molar-refractivity contribution in [2.75, 3.05) is 13.7 Å². The largest absolute Gasteiger partial charge is 0.494 e. The van der Waals surface area contributed by atoms with Gasteiger partial charge in [0.05, 0.1) is 12.8 Å². The molecular formula is C18H20FN3O. The smallest absolute Gasteiger partial charge is 0.165 e. The first-order valence-electron chi connectivity index (χ1n) is 7.67. The third kappa shape index (κ3) is 3.51. The topological polar surface area (TPSA) is 38.6 Å². The lowest BCUT2D eigenvalue weighted by Crippen LogP contribution is -2.21. The SMILES string of the molecule is COc1cc(C(C)NCCc2cn3ccccc3n2)ccc1F. The van der Waals surface area contributed by atoms with Crippen molar-refractivity contribution in [2.45, 2.75) is 19.4 Å². The molecule has 5 heteroatoms. The van der Waals surface area contributed by atoms with Gasteiger partial charge >= 0.3 is 0 Å². The summed E-state index contributed by atoms with van der Waals surface area (Å²) >= 11 is 0. The minimum absolute atomic E-state index is 0.113. The van der Waals surface area contributed by atoms with Gasteiger partial charge in [-0.05, 0) is 36.8 Å². The number of nitrogens with one attached hydrogen (secondary N) is 1. The minimum atomic E-state index is -0.340. The molecule has 0 aliphatic rings. The van der Waals surface area contributed by atoms with Crippen molar-refractivity contribution in [3.63, 3.8) is 0 Å². The van der Waals surface area contributed by atoms with Gasteiger partial charge in [-0.3, -0.25) is 0 Å². The van der Waals surface area contributed by atoms with E-state index in [4.69, 9.17) is 4.74 Å². The number of hydrogen-bond acceptors (Lipinski definition) is 3. The minimum Gasteiger partial charge on any atom is -0.494 e. The van der Waals surface area contributed by atoms with Crippen molar-refractivity contribution < 1.29 is 9.13 Å². The molecule has 120 valence electrons. The number of hydrogen-bond donors (Lipinski definition) is 1. The second-order valence-electron chi connectivity index (χ2n) is 5.52. The van der Waals surface area contributed by atoms with Gasteiger partial charge in [-0.2, -0.15) is 0 Å². The van der Waals surface area contributed by atoms with Gasteiger partial charge in [0.2, 0.25) is 0 Å². The molecule has 3 aromatic rings. The summed E-state index contributed by atoms with van der Waals surface area (Å²) in [7, 11) is 1.48. The highest BCUT2D eigenvalue weighted by Crippen LogP contribution is 2.22. The summed E-state index contributed by atoms with van der Waals surface area (Å²) in [6, 6.07) is 11.0. The molecule has 0 bridgehead atoms. The van der Waals surface area contributed by atoms with Crippen LogP contribution in [0.1, 0.15) is 24.2 Å². The van der Waals surface area contributed by atoms with E-state index in [1.165, 1.54) is 13.2 Å². The number of ether oxygens (including phenoxy) is 1. The Morgan fingerprint density at radius 1 is 1.30 bits per heavy atom. The third-order valence-electron chi connectivity index (χ3n) is 3.92. The van der Waals surface area contributed by atoms with Crippen LogP contribution in [0.5, 0.6) is 5.75 Å². The van der Waals surface area contributed by atoms with E-state index < -0.39 is 0 Å². The molecule has 0 saturated heterocycles. The highest BCUT2D eigenvalue weighted by molar-refractivity contribution is 5.39. The van der Waals surface area contributed by atoms with Gasteiger partial charge in [0.25, 0.3) is 0 Å². The lowest BCUT2D eigenvalue weighted by atomic mass is 10.1. The molecular weight excluding hydrogens is 293 g/mol. The van der Waals surface area contributed by atoms with Crippen molar-refractivity contribution in [3.05, 3.63) is 65.9 Å². The fraction of sp³-hybridized carbons (Fsp3) is 0.278. The average Bonchev–Trinajstić information content (AvgIpc) is 2.97. The molecule has 1 unspecified atom stereocenters. The van der Waals surface area contributed by atoms with E-state index in [0.717, 1.165) is 29.9 Å². The Balaban J connectivity index is 1.59. The zero-order chi connectivity index (χ0) is 16.2. The average molecular weight is 313 g/mol. The quantitative estimate of drug-likeness (QED) is 0.758. The van der Waals surface area contributed by atoms with Crippen molar-refractivity contribution in [1.82, 2.24) is 14.7 Å². The van der Waals surface area contributed by atoms with E-state index in [2.05, 4.69) is 17.2 Å². The second kappa shape index (κ2) is 6.79. The molecule has 23 heavy (non-hydrogen) atoms. The van der Waals surface area contributed by atoms with Crippen molar-refractivity contribution in [1.29, 1.82) is 0 Å². The van der Waals surface area contributed by atoms with Gasteiger partial charge in [0.15, 0.2) is 11.6 Å². The van der Waals surface area contributed by atoms with E-state index in [0.29, 0.717) is 0 Å². The maximum absolute atomic E-state index is 13.5. The lowest BCUT2D eigenvalue weighted by Gasteiger charge is -2.15. The first-order valence-corrected chi connectivity index (χ1v) is 7.67. The van der Waals surface area contributed by atoms with Gasteiger partial charge in [0.1, 0.15) is 5.65 Å². The molecule has 0 fully saturated rings. The number of imidazole rings is 1. The summed E-state index contributed by atoms with van der Waals surface area (Å²) < 4.78 is 20.5. The predicted octanol–water partition coefficient (Wildman–Crippen LogP) is 3.38. The Bertz CT molecular complexity index is 767. The summed E-state index contributed by atoms with van der Waals surface area (Å²) in [6.07, 6.45) is 4.87. The Hall–Kier alpha value is -2.40. The number of rotatable bonds is 6. The molecule has 3 rings (SSSR count). The van der Waals surface area contributed by atoms with E-state index >= 15 is 0 Å². The van der Waals surface area contributed by atoms with Gasteiger partial charge in [-0.15, -0.1) is 0 Å². The monoisotopic (exact) mass is 313 g/mol. The summed E-state index contributed by atoms with van der Waals surface area (Å²) in [6.45, 7) is 2.85. The van der Waals surface area contributed by atoms with Crippen LogP contribution in [-0.4, -0.2) is 23.0 Å². The van der Waals surface area contributed by atoms with Crippen LogP contribution in [0.15, 0.2) is 48.8 Å². The number of methoxy groups -OCH3 is 1. The summed E-state index contributed by atoms with van der Waals surface area (Å²) in [5, 5.41) is 3.44. The van der Waals surface area contributed by atoms with E-state index in [9.17, 15) is 4.39 Å². The zero-order valence-corrected chi connectivity index (χ0v) is 13.3. The van der Waals surface area contributed by atoms with Crippen LogP contribution < -0.4 is 10.1 Å². The maximum atomic E-state index is 13.5. The number of pyridine rings is 1. The van der Waals surface area contributed by atoms with Crippen molar-refractivity contribution in [2.24, 2.45) is 0 Å². The summed E-state index contributed by atoms with van der Waals surface area (Å²) in [5.41, 5.74) is 3.00. The highest BCUT2D eigenvalue weighted by atomic mass is 19.1. The number of fused-ring (bicyclic) bond motifs is 1. The molecule has 1 atom stereocenters. The first-order chi connectivity index (χ1) is 11.2. The zero-order valence-electron chi connectivity index (χ0n) is 13.3. The van der Waals surface area contributed by atoms with Gasteiger partial charge in [-0.1, -0.05) is 12.1 Å². The van der Waals surface area contributed by atoms with Crippen LogP contribution in [0, 0.1) is 5.82 Å². The summed E-state index contributed by atoms with van der Waals surface area (Å²) in [4.78, 5) is 4.57. The number of aromatic nitrogens is 2. The highest BCUT2D eigenvalue weighted by Gasteiger charge is 2.09. The normalized spacial score (nSPS) is 12.5. The van der Waals surface area contributed by atoms with Crippen LogP contribution in [0.3, 0.4) is 0 Å². The predicted molar refractivity (Wildman–Crippen MR) is 88.3 cm³/mol. The van der Waals surface area contributed by atoms with Crippen molar-refractivity contribution in [3.8, 4) is 5.75 Å². The van der Waals surface area contributed by atoms with Gasteiger partial charge in [0, 0.05) is 31.4 Å². The molecule has 0 spiro atoms. The molecule has 4 nitrogen and oxygen atoms in total. The Labute approximate surface area is 134 Å². The molecule has 1 N–H and O–H groups in total. The van der Waals surface area contributed by atoms with E-state index in [1.807, 2.05) is 35.0 Å². The Morgan fingerprint density at radius 2 is 2.17 bits per heavy atom. The van der Waals surface area contributed by atoms with E-state index in [-0.39, 0.29) is 17.6 Å². The molecule has 0 aliphatic heterocycles. The standard InChI is InChI=1S/C18H20FN3O/c1-13(14-6-7-16(19)17(11-14)23-2)20-9-8-15-12-22-10-4-3-5-18(22)21-15/h3-7,10-13,20H,8-9H2,1-2H3. The van der Waals surface area contributed by atoms with Crippen LogP contribution in [0.2, 0.25) is 0 Å². The molecule has 0 aliphatic carbocycles. The molecule has 0 amide bonds. The number of benzene rings is 1. The fourth-order valence-electron chi connectivity index (χ4n) is 2.59. The molecule has 0 radical (unpaired) electrons. The number of halogens is 1. The van der Waals surface area contributed by atoms with E-state index in [1.54, 1.807) is 12.1 Å². The van der Waals surface area contributed by atoms with Gasteiger partial charge < -0.3 is 14.5 Å². The number of nitrogens with zero attached hydrogens (tertiary/aromatic N) is 2. The molecule has 0 saturated carbocycles. The molecule has 1 aromatic carbocycles. The molecule has 2 heterocycles. The Kier molecular flexibility index (Phi) is 4.57. The lowest BCUT2D eigenvalue weighted by molar-refractivity contribution is 0.385. The summed E-state index contributed by atoms with van der Waals surface area (Å²) in [5.74, 6) is -0.0651. The van der Waals surface area contributed by atoms with Gasteiger partial charge in [-0.25, -0.2) is 9.37 Å². The van der Waals surface area contributed by atoms with Crippen LogP contribution in [0.25, 0.3) is 5.65 Å². The van der Waals surface area contributed by atoms with Crippen molar-refractivity contribution >= 4 is 5.65 Å². The van der Waals surface area contributed by atoms with Crippen LogP contribution in [0.4, 0.5) is 4.39 Å². The molecule has 2 aromatic heterocycles. The maximum Gasteiger partial charge on any atom is 0.165 e. The Morgan fingerprint density at radius 3 is 2.96 bits per heavy atom. The van der Waals surface area contributed by atoms with Crippen LogP contribution >= 0.6 is 0 Å². The first kappa shape index (κ1) is 15.5. The van der Waals surface area contributed by atoms with Crippen LogP contribution in [-0.2, 0) is 6.42 Å².